The minimum atomic E-state index is 0.643. The maximum atomic E-state index is 2.57. The van der Waals surface area contributed by atoms with E-state index in [4.69, 9.17) is 0 Å². The number of nitrogens with zero attached hydrogens (tertiary/aromatic N) is 2. The van der Waals surface area contributed by atoms with Crippen LogP contribution >= 0.6 is 0 Å². The van der Waals surface area contributed by atoms with Gasteiger partial charge in [0.15, 0.2) is 0 Å². The van der Waals surface area contributed by atoms with E-state index in [1.54, 1.807) is 0 Å². The number of hydrogen-bond donors (Lipinski definition) is 0. The third-order valence-electron chi connectivity index (χ3n) is 2.92. The van der Waals surface area contributed by atoms with Gasteiger partial charge in [-0.25, -0.2) is 0 Å². The first-order chi connectivity index (χ1) is 5.20. The van der Waals surface area contributed by atoms with Gasteiger partial charge in [0.05, 0.1) is 6.17 Å². The summed E-state index contributed by atoms with van der Waals surface area (Å²) in [4.78, 5) is 5.00. The molecule has 0 amide bonds. The van der Waals surface area contributed by atoms with E-state index < -0.39 is 0 Å². The smallest absolute Gasteiger partial charge is 0.0594 e. The summed E-state index contributed by atoms with van der Waals surface area (Å²) in [6, 6.07) is 0.792. The molecule has 11 heavy (non-hydrogen) atoms. The second kappa shape index (κ2) is 3.55. The van der Waals surface area contributed by atoms with Crippen LogP contribution in [0.2, 0.25) is 0 Å². The van der Waals surface area contributed by atoms with Crippen LogP contribution < -0.4 is 0 Å². The van der Waals surface area contributed by atoms with Crippen molar-refractivity contribution in [1.82, 2.24) is 9.80 Å². The lowest BCUT2D eigenvalue weighted by atomic mass is 10.2. The SMILES string of the molecule is CCC1CN(C)C(C)N1CC. The molecule has 1 heterocycles. The molecule has 0 aromatic heterocycles. The highest BCUT2D eigenvalue weighted by Gasteiger charge is 2.31. The van der Waals surface area contributed by atoms with Crippen molar-refractivity contribution in [2.75, 3.05) is 20.1 Å². The topological polar surface area (TPSA) is 6.48 Å². The zero-order valence-corrected chi connectivity index (χ0v) is 8.17. The molecule has 1 rings (SSSR count). The first kappa shape index (κ1) is 9.01. The molecule has 1 aliphatic rings. The van der Waals surface area contributed by atoms with Gasteiger partial charge in [-0.15, -0.1) is 0 Å². The van der Waals surface area contributed by atoms with Gasteiger partial charge >= 0.3 is 0 Å². The van der Waals surface area contributed by atoms with Crippen molar-refractivity contribution in [2.45, 2.75) is 39.4 Å². The molecular weight excluding hydrogens is 136 g/mol. The highest BCUT2D eigenvalue weighted by atomic mass is 15.4. The van der Waals surface area contributed by atoms with Crippen LogP contribution in [0.15, 0.2) is 0 Å². The molecule has 1 saturated heterocycles. The van der Waals surface area contributed by atoms with Gasteiger partial charge < -0.3 is 0 Å². The van der Waals surface area contributed by atoms with Crippen molar-refractivity contribution in [3.63, 3.8) is 0 Å². The second-order valence-corrected chi connectivity index (χ2v) is 3.46. The van der Waals surface area contributed by atoms with Crippen LogP contribution in [0.4, 0.5) is 0 Å². The Hall–Kier alpha value is -0.0800. The number of likely N-dealkylation sites (N-methyl/N-ethyl adjacent to an activating group) is 2. The summed E-state index contributed by atoms with van der Waals surface area (Å²) < 4.78 is 0. The molecule has 0 radical (unpaired) electrons. The Bertz CT molecular complexity index is 125. The minimum Gasteiger partial charge on any atom is -0.290 e. The van der Waals surface area contributed by atoms with Crippen LogP contribution in [-0.2, 0) is 0 Å². The summed E-state index contributed by atoms with van der Waals surface area (Å²) in [5.74, 6) is 0. The summed E-state index contributed by atoms with van der Waals surface area (Å²) in [7, 11) is 2.21. The highest BCUT2D eigenvalue weighted by Crippen LogP contribution is 2.19. The summed E-state index contributed by atoms with van der Waals surface area (Å²) in [5, 5.41) is 0. The number of hydrogen-bond acceptors (Lipinski definition) is 2. The maximum absolute atomic E-state index is 2.57. The molecule has 0 aliphatic carbocycles. The van der Waals surface area contributed by atoms with Gasteiger partial charge in [-0.2, -0.15) is 0 Å². The summed E-state index contributed by atoms with van der Waals surface area (Å²) >= 11 is 0. The second-order valence-electron chi connectivity index (χ2n) is 3.46. The van der Waals surface area contributed by atoms with Crippen LogP contribution in [0.25, 0.3) is 0 Å². The van der Waals surface area contributed by atoms with Gasteiger partial charge in [0.1, 0.15) is 0 Å². The molecule has 1 aliphatic heterocycles. The van der Waals surface area contributed by atoms with Crippen LogP contribution in [-0.4, -0.2) is 42.1 Å². The first-order valence-electron chi connectivity index (χ1n) is 4.66. The van der Waals surface area contributed by atoms with E-state index in [0.717, 1.165) is 6.04 Å². The van der Waals surface area contributed by atoms with Crippen LogP contribution in [0.3, 0.4) is 0 Å². The molecule has 2 unspecified atom stereocenters. The molecule has 1 fully saturated rings. The lowest BCUT2D eigenvalue weighted by Crippen LogP contribution is -2.36. The van der Waals surface area contributed by atoms with E-state index in [2.05, 4.69) is 37.6 Å². The average Bonchev–Trinajstić information content (AvgIpc) is 2.28. The monoisotopic (exact) mass is 156 g/mol. The van der Waals surface area contributed by atoms with Crippen molar-refractivity contribution >= 4 is 0 Å². The summed E-state index contributed by atoms with van der Waals surface area (Å²) in [6.07, 6.45) is 1.92. The van der Waals surface area contributed by atoms with Crippen molar-refractivity contribution in [3.8, 4) is 0 Å². The molecule has 0 bridgehead atoms. The van der Waals surface area contributed by atoms with Gasteiger partial charge in [-0.1, -0.05) is 13.8 Å². The minimum absolute atomic E-state index is 0.643. The molecule has 0 saturated carbocycles. The average molecular weight is 156 g/mol. The first-order valence-corrected chi connectivity index (χ1v) is 4.66. The molecule has 2 nitrogen and oxygen atoms in total. The van der Waals surface area contributed by atoms with Gasteiger partial charge in [0.2, 0.25) is 0 Å². The molecule has 0 aromatic carbocycles. The third kappa shape index (κ3) is 1.57. The summed E-state index contributed by atoms with van der Waals surface area (Å²) in [6.45, 7) is 9.24. The van der Waals surface area contributed by atoms with Crippen LogP contribution in [0.5, 0.6) is 0 Å². The van der Waals surface area contributed by atoms with E-state index in [1.807, 2.05) is 0 Å². The van der Waals surface area contributed by atoms with Crippen molar-refractivity contribution in [3.05, 3.63) is 0 Å². The fourth-order valence-electron chi connectivity index (χ4n) is 2.03. The molecule has 66 valence electrons. The van der Waals surface area contributed by atoms with E-state index in [1.165, 1.54) is 19.5 Å². The predicted molar refractivity (Wildman–Crippen MR) is 48.6 cm³/mol. The van der Waals surface area contributed by atoms with E-state index in [-0.39, 0.29) is 0 Å². The Morgan fingerprint density at radius 1 is 1.36 bits per heavy atom. The maximum Gasteiger partial charge on any atom is 0.0594 e. The predicted octanol–water partition coefficient (Wildman–Crippen LogP) is 1.38. The number of rotatable bonds is 2. The van der Waals surface area contributed by atoms with E-state index in [0.29, 0.717) is 6.17 Å². The molecular formula is C9H20N2. The van der Waals surface area contributed by atoms with Gasteiger partial charge in [0, 0.05) is 12.6 Å². The summed E-state index contributed by atoms with van der Waals surface area (Å²) in [5.41, 5.74) is 0. The normalized spacial score (nSPS) is 34.9. The quantitative estimate of drug-likeness (QED) is 0.596. The zero-order chi connectivity index (χ0) is 8.43. The third-order valence-corrected chi connectivity index (χ3v) is 2.92. The fraction of sp³-hybridized carbons (Fsp3) is 1.00. The van der Waals surface area contributed by atoms with Gasteiger partial charge in [-0.05, 0) is 26.9 Å². The zero-order valence-electron chi connectivity index (χ0n) is 8.17. The molecule has 0 aromatic rings. The molecule has 2 atom stereocenters. The standard InChI is InChI=1S/C9H20N2/c1-5-9-7-10(4)8(3)11(9)6-2/h8-9H,5-7H2,1-4H3. The Kier molecular flexibility index (Phi) is 2.90. The largest absolute Gasteiger partial charge is 0.290 e. The van der Waals surface area contributed by atoms with Gasteiger partial charge in [0.25, 0.3) is 0 Å². The lowest BCUT2D eigenvalue weighted by Gasteiger charge is -2.25. The molecule has 0 spiro atoms. The highest BCUT2D eigenvalue weighted by molar-refractivity contribution is 4.84. The molecule has 0 N–H and O–H groups in total. The van der Waals surface area contributed by atoms with Crippen LogP contribution in [0, 0.1) is 0 Å². The van der Waals surface area contributed by atoms with Crippen molar-refractivity contribution in [2.24, 2.45) is 0 Å². The Morgan fingerprint density at radius 3 is 2.36 bits per heavy atom. The Balaban J connectivity index is 2.57. The van der Waals surface area contributed by atoms with Crippen molar-refractivity contribution < 1.29 is 0 Å². The fourth-order valence-corrected chi connectivity index (χ4v) is 2.03. The van der Waals surface area contributed by atoms with Crippen LogP contribution in [0.1, 0.15) is 27.2 Å². The van der Waals surface area contributed by atoms with E-state index >= 15 is 0 Å². The van der Waals surface area contributed by atoms with Gasteiger partial charge in [-0.3, -0.25) is 9.80 Å². The molecule has 2 heteroatoms. The lowest BCUT2D eigenvalue weighted by molar-refractivity contribution is 0.159. The Morgan fingerprint density at radius 2 is 2.00 bits per heavy atom. The van der Waals surface area contributed by atoms with E-state index in [9.17, 15) is 0 Å². The Labute approximate surface area is 70.2 Å². The van der Waals surface area contributed by atoms with Crippen molar-refractivity contribution in [1.29, 1.82) is 0 Å².